The third-order valence-electron chi connectivity index (χ3n) is 2.89. The lowest BCUT2D eigenvalue weighted by atomic mass is 10.0. The zero-order valence-electron chi connectivity index (χ0n) is 13.7. The van der Waals surface area contributed by atoms with Crippen molar-refractivity contribution in [2.24, 2.45) is 5.41 Å². The maximum absolute atomic E-state index is 16.3. The normalized spacial score (nSPS) is 14.7. The molecule has 2 rings (SSSR count). The van der Waals surface area contributed by atoms with E-state index in [2.05, 4.69) is 0 Å². The topological polar surface area (TPSA) is 0 Å². The summed E-state index contributed by atoms with van der Waals surface area (Å²) in [5, 5.41) is 0.965. The SMILES string of the molecule is [2H]C([2H])(C(C)(C)C)[Si](F)(c1ccccc1)c1ccccc1. The van der Waals surface area contributed by atoms with Crippen LogP contribution in [0.2, 0.25) is 6.00 Å². The Labute approximate surface area is 119 Å². The Balaban J connectivity index is 2.73. The van der Waals surface area contributed by atoms with Gasteiger partial charge in [0, 0.05) is 2.74 Å². The van der Waals surface area contributed by atoms with Gasteiger partial charge in [-0.1, -0.05) is 81.4 Å². The molecule has 0 atom stereocenters. The van der Waals surface area contributed by atoms with Crippen LogP contribution in [0, 0.1) is 5.41 Å². The molecule has 0 saturated heterocycles. The molecule has 0 bridgehead atoms. The van der Waals surface area contributed by atoms with Crippen LogP contribution < -0.4 is 10.4 Å². The molecule has 0 amide bonds. The molecule has 0 aliphatic rings. The smallest absolute Gasteiger partial charge is 0.302 e. The summed E-state index contributed by atoms with van der Waals surface area (Å²) < 4.78 is 33.4. The van der Waals surface area contributed by atoms with E-state index in [1.807, 2.05) is 12.1 Å². The monoisotopic (exact) mass is 274 g/mol. The Morgan fingerprint density at radius 3 is 1.58 bits per heavy atom. The fourth-order valence-electron chi connectivity index (χ4n) is 2.16. The largest absolute Gasteiger partial charge is 0.308 e. The van der Waals surface area contributed by atoms with Crippen molar-refractivity contribution >= 4 is 18.8 Å². The molecule has 2 aromatic rings. The Bertz CT molecular complexity index is 552. The van der Waals surface area contributed by atoms with Gasteiger partial charge in [-0.05, 0) is 21.8 Å². The van der Waals surface area contributed by atoms with Crippen LogP contribution in [0.1, 0.15) is 23.5 Å². The van der Waals surface area contributed by atoms with E-state index in [1.54, 1.807) is 69.3 Å². The summed E-state index contributed by atoms with van der Waals surface area (Å²) in [7, 11) is -4.03. The van der Waals surface area contributed by atoms with Crippen LogP contribution in [-0.2, 0) is 0 Å². The molecule has 0 heterocycles. The molecule has 2 heteroatoms. The van der Waals surface area contributed by atoms with Gasteiger partial charge in [-0.25, -0.2) is 0 Å². The van der Waals surface area contributed by atoms with Crippen molar-refractivity contribution in [3.8, 4) is 0 Å². The molecule has 0 fully saturated rings. The second kappa shape index (κ2) is 5.30. The number of halogens is 1. The van der Waals surface area contributed by atoms with Crippen molar-refractivity contribution in [3.63, 3.8) is 0 Å². The molecule has 2 aromatic carbocycles. The van der Waals surface area contributed by atoms with Crippen LogP contribution in [0.5, 0.6) is 0 Å². The predicted octanol–water partition coefficient (Wildman–Crippen LogP) is 3.76. The summed E-state index contributed by atoms with van der Waals surface area (Å²) in [6, 6.07) is 17.6. The van der Waals surface area contributed by atoms with E-state index in [9.17, 15) is 0 Å². The lowest BCUT2D eigenvalue weighted by molar-refractivity contribution is 0.453. The van der Waals surface area contributed by atoms with E-state index < -0.39 is 19.8 Å². The van der Waals surface area contributed by atoms with Crippen molar-refractivity contribution in [2.75, 3.05) is 0 Å². The quantitative estimate of drug-likeness (QED) is 0.590. The van der Waals surface area contributed by atoms with Crippen LogP contribution in [0.25, 0.3) is 0 Å². The lowest BCUT2D eigenvalue weighted by Gasteiger charge is -2.30. The first kappa shape index (κ1) is 11.4. The zero-order valence-corrected chi connectivity index (χ0v) is 12.7. The predicted molar refractivity (Wildman–Crippen MR) is 83.3 cm³/mol. The van der Waals surface area contributed by atoms with Gasteiger partial charge >= 0.3 is 8.41 Å². The van der Waals surface area contributed by atoms with Gasteiger partial charge in [-0.15, -0.1) is 0 Å². The number of rotatable bonds is 3. The highest BCUT2D eigenvalue weighted by Gasteiger charge is 2.42. The van der Waals surface area contributed by atoms with Crippen LogP contribution in [0.4, 0.5) is 4.11 Å². The second-order valence-corrected chi connectivity index (χ2v) is 8.49. The third kappa shape index (κ3) is 3.32. The van der Waals surface area contributed by atoms with Gasteiger partial charge in [-0.3, -0.25) is 0 Å². The van der Waals surface area contributed by atoms with E-state index in [4.69, 9.17) is 2.74 Å². The maximum atomic E-state index is 16.3. The van der Waals surface area contributed by atoms with Crippen molar-refractivity contribution < 1.29 is 6.85 Å². The summed E-state index contributed by atoms with van der Waals surface area (Å²) in [6.45, 7) is 5.29. The Hall–Kier alpha value is -1.41. The van der Waals surface area contributed by atoms with Crippen molar-refractivity contribution in [2.45, 2.75) is 26.8 Å². The van der Waals surface area contributed by atoms with Crippen molar-refractivity contribution in [1.82, 2.24) is 0 Å². The highest BCUT2D eigenvalue weighted by Crippen LogP contribution is 2.28. The van der Waals surface area contributed by atoms with E-state index in [0.717, 1.165) is 0 Å². The van der Waals surface area contributed by atoms with E-state index in [0.29, 0.717) is 10.4 Å². The molecule has 0 unspecified atom stereocenters. The van der Waals surface area contributed by atoms with Crippen LogP contribution in [0.15, 0.2) is 60.7 Å². The molecule has 0 aliphatic carbocycles. The summed E-state index contributed by atoms with van der Waals surface area (Å²) in [4.78, 5) is 0. The number of hydrogen-bond acceptors (Lipinski definition) is 0. The summed E-state index contributed by atoms with van der Waals surface area (Å²) in [5.74, 6) is -1.93. The van der Waals surface area contributed by atoms with Crippen LogP contribution in [-0.4, -0.2) is 8.41 Å². The molecular weight excluding hydrogens is 251 g/mol. The third-order valence-corrected chi connectivity index (χ3v) is 6.24. The average Bonchev–Trinajstić information content (AvgIpc) is 2.47. The Morgan fingerprint density at radius 2 is 1.26 bits per heavy atom. The Morgan fingerprint density at radius 1 is 0.895 bits per heavy atom. The molecule has 0 radical (unpaired) electrons. The second-order valence-electron chi connectivity index (χ2n) is 5.77. The number of benzene rings is 2. The summed E-state index contributed by atoms with van der Waals surface area (Å²) in [5.41, 5.74) is -0.792. The molecule has 100 valence electrons. The number of hydrogen-bond donors (Lipinski definition) is 0. The van der Waals surface area contributed by atoms with Gasteiger partial charge in [0.1, 0.15) is 0 Å². The molecule has 0 saturated carbocycles. The molecule has 0 N–H and O–H groups in total. The van der Waals surface area contributed by atoms with Crippen molar-refractivity contribution in [1.29, 1.82) is 0 Å². The first-order valence-corrected chi connectivity index (χ1v) is 8.39. The van der Waals surface area contributed by atoms with Gasteiger partial charge in [-0.2, -0.15) is 0 Å². The molecule has 0 aliphatic heterocycles. The first-order valence-electron chi connectivity index (χ1n) is 7.51. The molecule has 0 aromatic heterocycles. The van der Waals surface area contributed by atoms with E-state index >= 15 is 4.11 Å². The molecule has 19 heavy (non-hydrogen) atoms. The maximum Gasteiger partial charge on any atom is 0.308 e. The van der Waals surface area contributed by atoms with E-state index in [1.165, 1.54) is 0 Å². The molecule has 0 spiro atoms. The minimum atomic E-state index is -4.03. The fraction of sp³-hybridized carbons (Fsp3) is 0.294. The minimum Gasteiger partial charge on any atom is -0.302 e. The minimum absolute atomic E-state index is 0.483. The van der Waals surface area contributed by atoms with Crippen LogP contribution >= 0.6 is 0 Å². The Kier molecular flexibility index (Phi) is 3.18. The first-order chi connectivity index (χ1) is 9.71. The highest BCUT2D eigenvalue weighted by atomic mass is 28.4. The fourth-order valence-corrected chi connectivity index (χ4v) is 5.12. The van der Waals surface area contributed by atoms with Gasteiger partial charge in [0.2, 0.25) is 0 Å². The van der Waals surface area contributed by atoms with E-state index in [-0.39, 0.29) is 0 Å². The van der Waals surface area contributed by atoms with Gasteiger partial charge < -0.3 is 4.11 Å². The van der Waals surface area contributed by atoms with Crippen molar-refractivity contribution in [3.05, 3.63) is 60.7 Å². The average molecular weight is 274 g/mol. The van der Waals surface area contributed by atoms with Crippen LogP contribution in [0.3, 0.4) is 0 Å². The van der Waals surface area contributed by atoms with Gasteiger partial charge in [0.05, 0.1) is 0 Å². The highest BCUT2D eigenvalue weighted by molar-refractivity contribution is 6.97. The molecular formula is C17H21FSi. The molecule has 0 nitrogen and oxygen atoms in total. The summed E-state index contributed by atoms with van der Waals surface area (Å²) in [6.07, 6.45) is 0. The standard InChI is InChI=1S/C17H21FSi/c1-17(2,3)14-19(18,15-10-6-4-7-11-15)16-12-8-5-9-13-16/h4-13H,14H2,1-3H3/i14D2. The zero-order chi connectivity index (χ0) is 15.7. The lowest BCUT2D eigenvalue weighted by Crippen LogP contribution is -2.56. The summed E-state index contributed by atoms with van der Waals surface area (Å²) >= 11 is 0. The van der Waals surface area contributed by atoms with Gasteiger partial charge in [0.15, 0.2) is 0 Å². The van der Waals surface area contributed by atoms with Gasteiger partial charge in [0.25, 0.3) is 0 Å².